The number of rotatable bonds is 5. The molecule has 0 atom stereocenters. The molecule has 0 aliphatic heterocycles. The van der Waals surface area contributed by atoms with Gasteiger partial charge >= 0.3 is 0 Å². The summed E-state index contributed by atoms with van der Waals surface area (Å²) in [4.78, 5) is 11.6. The standard InChI is InChI=1S/C18H20N2O/c1-2-9-19-18(21)12-20-15-7-8-17-14(11-15)10-13-5-3-4-6-16(13)17/h3-8,11,20H,2,9-10,12H2,1H3,(H,19,21). The van der Waals surface area contributed by atoms with E-state index in [2.05, 4.69) is 47.0 Å². The highest BCUT2D eigenvalue weighted by atomic mass is 16.1. The molecule has 0 aromatic heterocycles. The van der Waals surface area contributed by atoms with E-state index < -0.39 is 0 Å². The van der Waals surface area contributed by atoms with Crippen LogP contribution in [0.15, 0.2) is 42.5 Å². The van der Waals surface area contributed by atoms with Gasteiger partial charge in [-0.15, -0.1) is 0 Å². The molecule has 21 heavy (non-hydrogen) atoms. The molecule has 1 aliphatic carbocycles. The largest absolute Gasteiger partial charge is 0.376 e. The molecular weight excluding hydrogens is 260 g/mol. The lowest BCUT2D eigenvalue weighted by molar-refractivity contribution is -0.119. The van der Waals surface area contributed by atoms with Gasteiger partial charge in [0.15, 0.2) is 0 Å². The second kappa shape index (κ2) is 6.00. The van der Waals surface area contributed by atoms with Crippen molar-refractivity contribution in [2.45, 2.75) is 19.8 Å². The minimum absolute atomic E-state index is 0.0423. The summed E-state index contributed by atoms with van der Waals surface area (Å²) >= 11 is 0. The Bertz CT molecular complexity index is 664. The predicted octanol–water partition coefficient (Wildman–Crippen LogP) is 3.20. The van der Waals surface area contributed by atoms with Crippen LogP contribution in [0.5, 0.6) is 0 Å². The van der Waals surface area contributed by atoms with Crippen LogP contribution in [0.1, 0.15) is 24.5 Å². The highest BCUT2D eigenvalue weighted by Crippen LogP contribution is 2.37. The van der Waals surface area contributed by atoms with E-state index in [1.165, 1.54) is 22.3 Å². The lowest BCUT2D eigenvalue weighted by Crippen LogP contribution is -2.30. The molecule has 1 amide bonds. The summed E-state index contributed by atoms with van der Waals surface area (Å²) in [5.41, 5.74) is 6.36. The summed E-state index contributed by atoms with van der Waals surface area (Å²) in [6.07, 6.45) is 1.94. The van der Waals surface area contributed by atoms with Crippen molar-refractivity contribution in [3.05, 3.63) is 53.6 Å². The third kappa shape index (κ3) is 2.92. The number of fused-ring (bicyclic) bond motifs is 3. The van der Waals surface area contributed by atoms with Crippen LogP contribution < -0.4 is 10.6 Å². The van der Waals surface area contributed by atoms with E-state index in [1.807, 2.05) is 13.0 Å². The topological polar surface area (TPSA) is 41.1 Å². The highest BCUT2D eigenvalue weighted by molar-refractivity contribution is 5.82. The van der Waals surface area contributed by atoms with Gasteiger partial charge in [-0.25, -0.2) is 0 Å². The first-order valence-electron chi connectivity index (χ1n) is 7.49. The summed E-state index contributed by atoms with van der Waals surface area (Å²) in [5.74, 6) is 0.0423. The van der Waals surface area contributed by atoms with Crippen LogP contribution >= 0.6 is 0 Å². The van der Waals surface area contributed by atoms with Crippen molar-refractivity contribution in [1.29, 1.82) is 0 Å². The summed E-state index contributed by atoms with van der Waals surface area (Å²) in [6.45, 7) is 3.11. The fourth-order valence-electron chi connectivity index (χ4n) is 2.76. The molecular formula is C18H20N2O. The first-order valence-corrected chi connectivity index (χ1v) is 7.49. The molecule has 0 spiro atoms. The predicted molar refractivity (Wildman–Crippen MR) is 86.5 cm³/mol. The van der Waals surface area contributed by atoms with Crippen LogP contribution in [0.2, 0.25) is 0 Å². The summed E-state index contributed by atoms with van der Waals surface area (Å²) < 4.78 is 0. The third-order valence-corrected chi connectivity index (χ3v) is 3.82. The van der Waals surface area contributed by atoms with Crippen molar-refractivity contribution < 1.29 is 4.79 Å². The average molecular weight is 280 g/mol. The number of benzene rings is 2. The highest BCUT2D eigenvalue weighted by Gasteiger charge is 2.17. The summed E-state index contributed by atoms with van der Waals surface area (Å²) in [7, 11) is 0. The Hall–Kier alpha value is -2.29. The monoisotopic (exact) mass is 280 g/mol. The SMILES string of the molecule is CCCNC(=O)CNc1ccc2c(c1)Cc1ccccc1-2. The second-order valence-electron chi connectivity index (χ2n) is 5.41. The number of anilines is 1. The van der Waals surface area contributed by atoms with E-state index in [4.69, 9.17) is 0 Å². The smallest absolute Gasteiger partial charge is 0.239 e. The van der Waals surface area contributed by atoms with Crippen LogP contribution in [0.3, 0.4) is 0 Å². The molecule has 0 saturated heterocycles. The van der Waals surface area contributed by atoms with Gasteiger partial charge in [-0.05, 0) is 47.2 Å². The molecule has 0 bridgehead atoms. The fraction of sp³-hybridized carbons (Fsp3) is 0.278. The molecule has 108 valence electrons. The van der Waals surface area contributed by atoms with Crippen LogP contribution in [0.4, 0.5) is 5.69 Å². The van der Waals surface area contributed by atoms with Crippen LogP contribution in [-0.2, 0) is 11.2 Å². The van der Waals surface area contributed by atoms with Crippen molar-refractivity contribution in [3.8, 4) is 11.1 Å². The van der Waals surface area contributed by atoms with Gasteiger partial charge in [0.2, 0.25) is 5.91 Å². The molecule has 0 radical (unpaired) electrons. The summed E-state index contributed by atoms with van der Waals surface area (Å²) in [5, 5.41) is 6.07. The Labute approximate surface area is 125 Å². The fourth-order valence-corrected chi connectivity index (χ4v) is 2.76. The number of hydrogen-bond donors (Lipinski definition) is 2. The van der Waals surface area contributed by atoms with E-state index in [9.17, 15) is 4.79 Å². The molecule has 2 aromatic carbocycles. The van der Waals surface area contributed by atoms with Gasteiger partial charge in [0.25, 0.3) is 0 Å². The lowest BCUT2D eigenvalue weighted by Gasteiger charge is -2.09. The van der Waals surface area contributed by atoms with Crippen LogP contribution in [-0.4, -0.2) is 19.0 Å². The number of carbonyl (C=O) groups excluding carboxylic acids is 1. The Balaban J connectivity index is 1.68. The van der Waals surface area contributed by atoms with E-state index >= 15 is 0 Å². The Morgan fingerprint density at radius 1 is 1.10 bits per heavy atom. The van der Waals surface area contributed by atoms with Gasteiger partial charge in [0, 0.05) is 12.2 Å². The van der Waals surface area contributed by atoms with Gasteiger partial charge in [-0.2, -0.15) is 0 Å². The molecule has 3 heteroatoms. The maximum atomic E-state index is 11.6. The molecule has 2 N–H and O–H groups in total. The van der Waals surface area contributed by atoms with E-state index in [0.29, 0.717) is 6.54 Å². The minimum atomic E-state index is 0.0423. The Morgan fingerprint density at radius 3 is 2.76 bits per heavy atom. The number of amides is 1. The van der Waals surface area contributed by atoms with E-state index in [1.54, 1.807) is 0 Å². The van der Waals surface area contributed by atoms with Crippen molar-refractivity contribution in [2.75, 3.05) is 18.4 Å². The third-order valence-electron chi connectivity index (χ3n) is 3.82. The van der Waals surface area contributed by atoms with Gasteiger partial charge in [-0.3, -0.25) is 4.79 Å². The van der Waals surface area contributed by atoms with Gasteiger partial charge in [0.1, 0.15) is 0 Å². The summed E-state index contributed by atoms with van der Waals surface area (Å²) in [6, 6.07) is 14.9. The number of nitrogens with one attached hydrogen (secondary N) is 2. The molecule has 0 unspecified atom stereocenters. The zero-order valence-corrected chi connectivity index (χ0v) is 12.3. The molecule has 0 saturated carbocycles. The maximum Gasteiger partial charge on any atom is 0.239 e. The van der Waals surface area contributed by atoms with Gasteiger partial charge in [0.05, 0.1) is 6.54 Å². The van der Waals surface area contributed by atoms with Crippen LogP contribution in [0.25, 0.3) is 11.1 Å². The normalized spacial score (nSPS) is 11.7. The molecule has 1 aliphatic rings. The molecule has 3 rings (SSSR count). The lowest BCUT2D eigenvalue weighted by atomic mass is 10.1. The van der Waals surface area contributed by atoms with E-state index in [-0.39, 0.29) is 5.91 Å². The Kier molecular flexibility index (Phi) is 3.91. The van der Waals surface area contributed by atoms with Crippen molar-refractivity contribution in [2.24, 2.45) is 0 Å². The Morgan fingerprint density at radius 2 is 1.90 bits per heavy atom. The maximum absolute atomic E-state index is 11.6. The molecule has 2 aromatic rings. The molecule has 0 fully saturated rings. The van der Waals surface area contributed by atoms with Crippen molar-refractivity contribution >= 4 is 11.6 Å². The number of hydrogen-bond acceptors (Lipinski definition) is 2. The first kappa shape index (κ1) is 13.7. The second-order valence-corrected chi connectivity index (χ2v) is 5.41. The zero-order valence-electron chi connectivity index (χ0n) is 12.3. The van der Waals surface area contributed by atoms with Crippen molar-refractivity contribution in [1.82, 2.24) is 5.32 Å². The minimum Gasteiger partial charge on any atom is -0.376 e. The van der Waals surface area contributed by atoms with Crippen molar-refractivity contribution in [3.63, 3.8) is 0 Å². The van der Waals surface area contributed by atoms with Gasteiger partial charge in [-0.1, -0.05) is 37.3 Å². The first-order chi connectivity index (χ1) is 10.3. The average Bonchev–Trinajstić information content (AvgIpc) is 2.88. The molecule has 0 heterocycles. The number of carbonyl (C=O) groups is 1. The van der Waals surface area contributed by atoms with Gasteiger partial charge < -0.3 is 10.6 Å². The zero-order chi connectivity index (χ0) is 14.7. The van der Waals surface area contributed by atoms with Crippen LogP contribution in [0, 0.1) is 0 Å². The molecule has 3 nitrogen and oxygen atoms in total. The quantitative estimate of drug-likeness (QED) is 0.753. The van der Waals surface area contributed by atoms with E-state index in [0.717, 1.165) is 25.1 Å².